The summed E-state index contributed by atoms with van der Waals surface area (Å²) in [6.07, 6.45) is 0. The van der Waals surface area contributed by atoms with E-state index in [1.807, 2.05) is 0 Å². The van der Waals surface area contributed by atoms with Crippen LogP contribution in [0.4, 0.5) is 34.1 Å². The van der Waals surface area contributed by atoms with Crippen molar-refractivity contribution in [2.45, 2.75) is 0 Å². The summed E-state index contributed by atoms with van der Waals surface area (Å²) in [4.78, 5) is 4.83. The lowest BCUT2D eigenvalue weighted by Crippen LogP contribution is -2.11. The molecule has 0 bridgehead atoms. The number of rotatable bonds is 9. The third-order valence-electron chi connectivity index (χ3n) is 13.7. The van der Waals surface area contributed by atoms with Gasteiger partial charge in [0.05, 0.1) is 22.4 Å². The number of nitrogens with zero attached hydrogens (tertiary/aromatic N) is 3. The lowest BCUT2D eigenvalue weighted by molar-refractivity contribution is 1.18. The van der Waals surface area contributed by atoms with Crippen molar-refractivity contribution in [1.29, 1.82) is 0 Å². The van der Waals surface area contributed by atoms with E-state index in [0.29, 0.717) is 0 Å². The molecule has 0 aliphatic carbocycles. The topological polar surface area (TPSA) is 11.4 Å². The van der Waals surface area contributed by atoms with Gasteiger partial charge in [-0.1, -0.05) is 188 Å². The molecule has 3 heteroatoms. The van der Waals surface area contributed by atoms with Gasteiger partial charge < -0.3 is 14.4 Å². The number of hydrogen-bond acceptors (Lipinski definition) is 2. The van der Waals surface area contributed by atoms with Crippen molar-refractivity contribution in [2.24, 2.45) is 0 Å². The Labute approximate surface area is 401 Å². The summed E-state index contributed by atoms with van der Waals surface area (Å²) in [5, 5.41) is 9.65. The summed E-state index contributed by atoms with van der Waals surface area (Å²) >= 11 is 0. The average molecular weight is 880 g/mol. The molecule has 0 aliphatic heterocycles. The van der Waals surface area contributed by atoms with Crippen molar-refractivity contribution >= 4 is 88.2 Å². The Morgan fingerprint density at radius 1 is 0.246 bits per heavy atom. The first-order chi connectivity index (χ1) is 34.2. The lowest BCUT2D eigenvalue weighted by atomic mass is 9.95. The number of anilines is 6. The van der Waals surface area contributed by atoms with Crippen LogP contribution in [0.1, 0.15) is 0 Å². The monoisotopic (exact) mass is 879 g/mol. The number of hydrogen-bond donors (Lipinski definition) is 0. The van der Waals surface area contributed by atoms with Gasteiger partial charge in [-0.3, -0.25) is 0 Å². The first-order valence-electron chi connectivity index (χ1n) is 23.7. The molecule has 0 aliphatic rings. The third-order valence-corrected chi connectivity index (χ3v) is 13.7. The highest BCUT2D eigenvalue weighted by Crippen LogP contribution is 2.46. The molecule has 0 radical (unpaired) electrons. The normalized spacial score (nSPS) is 11.5. The van der Waals surface area contributed by atoms with Gasteiger partial charge in [-0.05, 0) is 129 Å². The van der Waals surface area contributed by atoms with E-state index in [1.54, 1.807) is 0 Å². The maximum absolute atomic E-state index is 2.43. The molecule has 13 rings (SSSR count). The molecule has 69 heavy (non-hydrogen) atoms. The van der Waals surface area contributed by atoms with Crippen LogP contribution in [0.3, 0.4) is 0 Å². The highest BCUT2D eigenvalue weighted by molar-refractivity contribution is 6.12. The zero-order chi connectivity index (χ0) is 45.7. The smallest absolute Gasteiger partial charge is 0.0542 e. The Kier molecular flexibility index (Phi) is 9.84. The van der Waals surface area contributed by atoms with E-state index in [2.05, 4.69) is 287 Å². The summed E-state index contributed by atoms with van der Waals surface area (Å²) in [5.41, 5.74) is 14.9. The number of benzene rings is 12. The van der Waals surface area contributed by atoms with Gasteiger partial charge in [-0.2, -0.15) is 0 Å². The van der Waals surface area contributed by atoms with Crippen LogP contribution in [0, 0.1) is 0 Å². The predicted molar refractivity (Wildman–Crippen MR) is 294 cm³/mol. The molecule has 0 atom stereocenters. The summed E-state index contributed by atoms with van der Waals surface area (Å²) in [5.74, 6) is 0. The predicted octanol–water partition coefficient (Wildman–Crippen LogP) is 18.5. The van der Waals surface area contributed by atoms with Gasteiger partial charge >= 0.3 is 0 Å². The van der Waals surface area contributed by atoms with Crippen molar-refractivity contribution in [2.75, 3.05) is 9.80 Å². The summed E-state index contributed by atoms with van der Waals surface area (Å²) in [6, 6.07) is 99.2. The second-order valence-electron chi connectivity index (χ2n) is 17.7. The highest BCUT2D eigenvalue weighted by Gasteiger charge is 2.21. The highest BCUT2D eigenvalue weighted by atomic mass is 15.2. The fraction of sp³-hybridized carbons (Fsp3) is 0. The van der Waals surface area contributed by atoms with Crippen LogP contribution in [0.2, 0.25) is 0 Å². The largest absolute Gasteiger partial charge is 0.310 e. The molecular formula is C66H45N3. The van der Waals surface area contributed by atoms with E-state index in [0.717, 1.165) is 45.4 Å². The van der Waals surface area contributed by atoms with Gasteiger partial charge in [0.15, 0.2) is 0 Å². The average Bonchev–Trinajstić information content (AvgIpc) is 3.76. The maximum Gasteiger partial charge on any atom is 0.0542 e. The van der Waals surface area contributed by atoms with Gasteiger partial charge in [0, 0.05) is 50.0 Å². The Bertz CT molecular complexity index is 4000. The number of para-hydroxylation sites is 2. The Morgan fingerprint density at radius 3 is 1.55 bits per heavy atom. The molecule has 0 N–H and O–H groups in total. The van der Waals surface area contributed by atoms with Gasteiger partial charge in [-0.25, -0.2) is 0 Å². The molecule has 13 aromatic rings. The molecular weight excluding hydrogens is 835 g/mol. The maximum atomic E-state index is 2.43. The van der Waals surface area contributed by atoms with E-state index in [1.165, 1.54) is 70.8 Å². The second kappa shape index (κ2) is 16.9. The van der Waals surface area contributed by atoms with Crippen molar-refractivity contribution < 1.29 is 0 Å². The first-order valence-corrected chi connectivity index (χ1v) is 23.7. The minimum atomic E-state index is 1.09. The zero-order valence-electron chi connectivity index (χ0n) is 37.8. The van der Waals surface area contributed by atoms with Crippen LogP contribution in [0.5, 0.6) is 0 Å². The summed E-state index contributed by atoms with van der Waals surface area (Å²) < 4.78 is 2.38. The van der Waals surface area contributed by atoms with Crippen molar-refractivity contribution in [3.05, 3.63) is 273 Å². The van der Waals surface area contributed by atoms with E-state index in [4.69, 9.17) is 0 Å². The molecule has 1 aromatic heterocycles. The molecule has 0 amide bonds. The van der Waals surface area contributed by atoms with E-state index in [9.17, 15) is 0 Å². The van der Waals surface area contributed by atoms with Gasteiger partial charge in [-0.15, -0.1) is 0 Å². The molecule has 0 unspecified atom stereocenters. The fourth-order valence-electron chi connectivity index (χ4n) is 10.5. The Balaban J connectivity index is 0.936. The minimum Gasteiger partial charge on any atom is -0.310 e. The van der Waals surface area contributed by atoms with Gasteiger partial charge in [0.25, 0.3) is 0 Å². The molecule has 12 aromatic carbocycles. The fourth-order valence-corrected chi connectivity index (χ4v) is 10.5. The van der Waals surface area contributed by atoms with Crippen molar-refractivity contribution in [1.82, 2.24) is 4.57 Å². The van der Waals surface area contributed by atoms with E-state index in [-0.39, 0.29) is 0 Å². The molecule has 1 heterocycles. The van der Waals surface area contributed by atoms with Crippen LogP contribution in [0.15, 0.2) is 273 Å². The minimum absolute atomic E-state index is 1.09. The quantitative estimate of drug-likeness (QED) is 0.143. The number of fused-ring (bicyclic) bond motifs is 6. The number of aromatic nitrogens is 1. The molecule has 0 saturated carbocycles. The van der Waals surface area contributed by atoms with Crippen LogP contribution in [-0.4, -0.2) is 4.57 Å². The second-order valence-corrected chi connectivity index (χ2v) is 17.7. The molecule has 0 fully saturated rings. The molecule has 324 valence electrons. The molecule has 3 nitrogen and oxygen atoms in total. The van der Waals surface area contributed by atoms with Crippen molar-refractivity contribution in [3.8, 4) is 27.9 Å². The molecule has 0 saturated heterocycles. The lowest BCUT2D eigenvalue weighted by Gasteiger charge is -2.29. The SMILES string of the molecule is c1ccc(-c2ccc(N(c3cccc4ccccc34)c3ccc(-c4ccc(N(c5ccc6ccccc6c5)c5ccc6c(c5)c5ccccc5n6-c5ccccc5)cc4)c4ccccc34)cc2)cc1. The first kappa shape index (κ1) is 40.1. The standard InChI is InChI=1S/C66H45N3/c1-3-16-46(17-4-1)48-30-35-54(36-31-48)69(63-29-15-21-49-19-9-10-24-58(49)63)65-43-41-57(59-25-11-12-26-60(59)65)50-33-37-53(38-34-50)67(55-39-32-47-18-7-8-20-51(47)44-55)56-40-42-66-62(45-56)61-27-13-14-28-64(61)68(66)52-22-5-2-6-23-52/h1-45H. The summed E-state index contributed by atoms with van der Waals surface area (Å²) in [6.45, 7) is 0. The van der Waals surface area contributed by atoms with E-state index < -0.39 is 0 Å². The Morgan fingerprint density at radius 2 is 0.768 bits per heavy atom. The van der Waals surface area contributed by atoms with E-state index >= 15 is 0 Å². The zero-order valence-corrected chi connectivity index (χ0v) is 37.8. The van der Waals surface area contributed by atoms with Crippen LogP contribution in [-0.2, 0) is 0 Å². The van der Waals surface area contributed by atoms with Crippen molar-refractivity contribution in [3.63, 3.8) is 0 Å². The third kappa shape index (κ3) is 7.08. The van der Waals surface area contributed by atoms with Crippen LogP contribution in [0.25, 0.3) is 82.1 Å². The van der Waals surface area contributed by atoms with Gasteiger partial charge in [0.2, 0.25) is 0 Å². The summed E-state index contributed by atoms with van der Waals surface area (Å²) in [7, 11) is 0. The molecule has 0 spiro atoms. The Hall–Kier alpha value is -9.18. The van der Waals surface area contributed by atoms with Gasteiger partial charge in [0.1, 0.15) is 0 Å². The van der Waals surface area contributed by atoms with Crippen LogP contribution >= 0.6 is 0 Å². The van der Waals surface area contributed by atoms with Crippen LogP contribution < -0.4 is 9.80 Å².